The summed E-state index contributed by atoms with van der Waals surface area (Å²) in [4.78, 5) is 13.2. The largest absolute Gasteiger partial charge is 0.497 e. The van der Waals surface area contributed by atoms with E-state index in [-0.39, 0.29) is 17.8 Å². The first-order valence-electron chi connectivity index (χ1n) is 8.75. The molecule has 0 fully saturated rings. The highest BCUT2D eigenvalue weighted by Crippen LogP contribution is 2.32. The van der Waals surface area contributed by atoms with Gasteiger partial charge >= 0.3 is 6.01 Å². The van der Waals surface area contributed by atoms with Crippen LogP contribution in [0.2, 0.25) is 0 Å². The highest BCUT2D eigenvalue weighted by atomic mass is 32.2. The summed E-state index contributed by atoms with van der Waals surface area (Å²) in [5, 5.41) is 10.5. The molecule has 0 aliphatic rings. The van der Waals surface area contributed by atoms with Crippen LogP contribution in [0.1, 0.15) is 6.42 Å². The zero-order valence-corrected chi connectivity index (χ0v) is 17.1. The third-order valence-electron chi connectivity index (χ3n) is 3.96. The fourth-order valence-electron chi connectivity index (χ4n) is 2.47. The molecular formula is C20H21N3O5S. The van der Waals surface area contributed by atoms with E-state index >= 15 is 0 Å². The molecule has 0 bridgehead atoms. The van der Waals surface area contributed by atoms with Crippen molar-refractivity contribution in [1.82, 2.24) is 10.2 Å². The Morgan fingerprint density at radius 2 is 1.76 bits per heavy atom. The van der Waals surface area contributed by atoms with Gasteiger partial charge in [0.1, 0.15) is 5.75 Å². The number of nitrogens with zero attached hydrogens (tertiary/aromatic N) is 2. The van der Waals surface area contributed by atoms with E-state index < -0.39 is 0 Å². The normalized spacial score (nSPS) is 10.4. The molecule has 0 aliphatic carbocycles. The molecule has 1 N–H and O–H groups in total. The van der Waals surface area contributed by atoms with Crippen LogP contribution < -0.4 is 19.5 Å². The number of ether oxygens (including phenoxy) is 3. The smallest absolute Gasteiger partial charge is 0.322 e. The van der Waals surface area contributed by atoms with Crippen LogP contribution in [0.5, 0.6) is 17.2 Å². The Morgan fingerprint density at radius 1 is 1.00 bits per heavy atom. The lowest BCUT2D eigenvalue weighted by Crippen LogP contribution is -2.12. The fraction of sp³-hybridized carbons (Fsp3) is 0.250. The van der Waals surface area contributed by atoms with E-state index in [0.29, 0.717) is 29.2 Å². The van der Waals surface area contributed by atoms with Crippen molar-refractivity contribution in [2.75, 3.05) is 32.4 Å². The SMILES string of the molecule is COc1ccc(SCCC(=O)Nc2nnc(-c3ccc(OC)c(OC)c3)o2)cc1. The van der Waals surface area contributed by atoms with Crippen molar-refractivity contribution in [1.29, 1.82) is 0 Å². The van der Waals surface area contributed by atoms with Crippen molar-refractivity contribution in [3.63, 3.8) is 0 Å². The first kappa shape index (κ1) is 20.5. The second-order valence-corrected chi connectivity index (χ2v) is 6.97. The van der Waals surface area contributed by atoms with Crippen molar-refractivity contribution < 1.29 is 23.4 Å². The summed E-state index contributed by atoms with van der Waals surface area (Å²) < 4.78 is 21.1. The average Bonchev–Trinajstić information content (AvgIpc) is 3.22. The van der Waals surface area contributed by atoms with Crippen molar-refractivity contribution in [2.24, 2.45) is 0 Å². The Kier molecular flexibility index (Phi) is 6.96. The lowest BCUT2D eigenvalue weighted by molar-refractivity contribution is -0.115. The average molecular weight is 415 g/mol. The van der Waals surface area contributed by atoms with Crippen molar-refractivity contribution in [3.05, 3.63) is 42.5 Å². The molecular weight excluding hydrogens is 394 g/mol. The van der Waals surface area contributed by atoms with Crippen LogP contribution in [-0.2, 0) is 4.79 Å². The molecule has 0 saturated heterocycles. The van der Waals surface area contributed by atoms with E-state index in [1.54, 1.807) is 51.3 Å². The summed E-state index contributed by atoms with van der Waals surface area (Å²) in [7, 11) is 4.73. The zero-order valence-electron chi connectivity index (χ0n) is 16.3. The number of carbonyl (C=O) groups excluding carboxylic acids is 1. The van der Waals surface area contributed by atoms with Crippen molar-refractivity contribution in [3.8, 4) is 28.7 Å². The number of anilines is 1. The summed E-state index contributed by atoms with van der Waals surface area (Å²) >= 11 is 1.58. The van der Waals surface area contributed by atoms with Crippen molar-refractivity contribution >= 4 is 23.7 Å². The summed E-state index contributed by atoms with van der Waals surface area (Å²) in [5.74, 6) is 2.63. The van der Waals surface area contributed by atoms with Crippen molar-refractivity contribution in [2.45, 2.75) is 11.3 Å². The minimum absolute atomic E-state index is 0.0502. The monoisotopic (exact) mass is 415 g/mol. The zero-order chi connectivity index (χ0) is 20.6. The highest BCUT2D eigenvalue weighted by Gasteiger charge is 2.14. The first-order valence-corrected chi connectivity index (χ1v) is 9.74. The van der Waals surface area contributed by atoms with E-state index in [1.807, 2.05) is 24.3 Å². The molecule has 3 rings (SSSR count). The van der Waals surface area contributed by atoms with Crippen LogP contribution in [0, 0.1) is 0 Å². The second-order valence-electron chi connectivity index (χ2n) is 5.80. The molecule has 8 nitrogen and oxygen atoms in total. The molecule has 0 saturated carbocycles. The molecule has 3 aromatic rings. The Hall–Kier alpha value is -3.20. The molecule has 152 valence electrons. The molecule has 2 aromatic carbocycles. The molecule has 1 aromatic heterocycles. The molecule has 0 atom stereocenters. The summed E-state index contributed by atoms with van der Waals surface area (Å²) in [6.45, 7) is 0. The number of benzene rings is 2. The molecule has 0 unspecified atom stereocenters. The van der Waals surface area contributed by atoms with E-state index in [0.717, 1.165) is 10.6 Å². The topological polar surface area (TPSA) is 95.7 Å². The predicted molar refractivity (Wildman–Crippen MR) is 110 cm³/mol. The van der Waals surface area contributed by atoms with Gasteiger partial charge in [0.2, 0.25) is 11.8 Å². The van der Waals surface area contributed by atoms with Gasteiger partial charge in [-0.1, -0.05) is 5.10 Å². The maximum Gasteiger partial charge on any atom is 0.322 e. The van der Waals surface area contributed by atoms with Crippen LogP contribution in [-0.4, -0.2) is 43.2 Å². The summed E-state index contributed by atoms with van der Waals surface area (Å²) in [5.41, 5.74) is 0.658. The summed E-state index contributed by atoms with van der Waals surface area (Å²) in [6.07, 6.45) is 0.310. The minimum atomic E-state index is -0.200. The third kappa shape index (κ3) is 5.41. The highest BCUT2D eigenvalue weighted by molar-refractivity contribution is 7.99. The van der Waals surface area contributed by atoms with Gasteiger partial charge in [0.05, 0.1) is 21.3 Å². The van der Waals surface area contributed by atoms with Gasteiger partial charge in [-0.05, 0) is 42.5 Å². The molecule has 0 radical (unpaired) electrons. The standard InChI is InChI=1S/C20H21N3O5S/c1-25-14-5-7-15(8-6-14)29-11-10-18(24)21-20-23-22-19(28-20)13-4-9-16(26-2)17(12-13)27-3/h4-9,12H,10-11H2,1-3H3,(H,21,23,24). The second kappa shape index (κ2) is 9.83. The van der Waals surface area contributed by atoms with Gasteiger partial charge < -0.3 is 18.6 Å². The number of carbonyl (C=O) groups is 1. The maximum absolute atomic E-state index is 12.1. The van der Waals surface area contributed by atoms with Gasteiger partial charge in [-0.15, -0.1) is 16.9 Å². The molecule has 0 aliphatic heterocycles. The number of methoxy groups -OCH3 is 3. The lowest BCUT2D eigenvalue weighted by Gasteiger charge is -2.07. The molecule has 1 amide bonds. The van der Waals surface area contributed by atoms with Crippen LogP contribution in [0.15, 0.2) is 51.8 Å². The van der Waals surface area contributed by atoms with E-state index in [9.17, 15) is 4.79 Å². The third-order valence-corrected chi connectivity index (χ3v) is 4.97. The number of hydrogen-bond acceptors (Lipinski definition) is 8. The predicted octanol–water partition coefficient (Wildman–Crippen LogP) is 3.88. The Labute approximate surface area is 172 Å². The van der Waals surface area contributed by atoms with Gasteiger partial charge in [0.15, 0.2) is 11.5 Å². The molecule has 9 heteroatoms. The van der Waals surface area contributed by atoms with Gasteiger partial charge in [-0.3, -0.25) is 10.1 Å². The number of aromatic nitrogens is 2. The van der Waals surface area contributed by atoms with Gasteiger partial charge in [-0.2, -0.15) is 0 Å². The first-order chi connectivity index (χ1) is 14.1. The molecule has 1 heterocycles. The maximum atomic E-state index is 12.1. The van der Waals surface area contributed by atoms with Gasteiger partial charge in [0, 0.05) is 22.6 Å². The number of nitrogens with one attached hydrogen (secondary N) is 1. The Bertz CT molecular complexity index is 959. The quantitative estimate of drug-likeness (QED) is 0.526. The number of hydrogen-bond donors (Lipinski definition) is 1. The lowest BCUT2D eigenvalue weighted by atomic mass is 10.2. The van der Waals surface area contributed by atoms with E-state index in [1.165, 1.54) is 0 Å². The minimum Gasteiger partial charge on any atom is -0.497 e. The number of amides is 1. The Morgan fingerprint density at radius 3 is 2.45 bits per heavy atom. The number of rotatable bonds is 9. The van der Waals surface area contributed by atoms with Gasteiger partial charge in [0.25, 0.3) is 0 Å². The Balaban J connectivity index is 1.53. The van der Waals surface area contributed by atoms with E-state index in [4.69, 9.17) is 18.6 Å². The van der Waals surface area contributed by atoms with Crippen LogP contribution in [0.3, 0.4) is 0 Å². The molecule has 0 spiro atoms. The van der Waals surface area contributed by atoms with Crippen LogP contribution >= 0.6 is 11.8 Å². The van der Waals surface area contributed by atoms with Crippen LogP contribution in [0.25, 0.3) is 11.5 Å². The number of thioether (sulfide) groups is 1. The fourth-order valence-corrected chi connectivity index (χ4v) is 3.33. The summed E-state index contributed by atoms with van der Waals surface area (Å²) in [6, 6.07) is 13.0. The van der Waals surface area contributed by atoms with E-state index in [2.05, 4.69) is 15.5 Å². The van der Waals surface area contributed by atoms with Gasteiger partial charge in [-0.25, -0.2) is 0 Å². The molecule has 29 heavy (non-hydrogen) atoms. The van der Waals surface area contributed by atoms with Crippen LogP contribution in [0.4, 0.5) is 6.01 Å².